The Kier molecular flexibility index (Phi) is 10.7. The van der Waals surface area contributed by atoms with Gasteiger partial charge in [-0.2, -0.15) is 17.5 Å². The lowest BCUT2D eigenvalue weighted by Gasteiger charge is -2.17. The number of ether oxygens (including phenoxy) is 1. The van der Waals surface area contributed by atoms with Gasteiger partial charge in [-0.05, 0) is 66.3 Å². The maximum Gasteiger partial charge on any atom is 0.305 e. The summed E-state index contributed by atoms with van der Waals surface area (Å²) in [5, 5.41) is 8.97. The molecule has 2 atom stereocenters. The number of carboxylic acids is 1. The SMILES string of the molecule is CCOC(=O)CCC(c1ccccc1)c1ccc2nsnc2c1.O=C(O)CCC(c1ccccc1)c1ccc2nsnc2c1. The summed E-state index contributed by atoms with van der Waals surface area (Å²) in [5.41, 5.74) is 8.13. The van der Waals surface area contributed by atoms with Crippen LogP contribution in [0.2, 0.25) is 0 Å². The minimum absolute atomic E-state index is 0.0633. The number of benzene rings is 4. The van der Waals surface area contributed by atoms with E-state index in [0.717, 1.165) is 38.8 Å². The maximum atomic E-state index is 11.7. The second-order valence-corrected chi connectivity index (χ2v) is 11.3. The molecule has 6 rings (SSSR count). The fourth-order valence-corrected chi connectivity index (χ4v) is 6.25. The van der Waals surface area contributed by atoms with Crippen LogP contribution in [-0.2, 0) is 14.3 Å². The van der Waals surface area contributed by atoms with Gasteiger partial charge in [0.1, 0.15) is 22.1 Å². The lowest BCUT2D eigenvalue weighted by molar-refractivity contribution is -0.143. The van der Waals surface area contributed by atoms with Crippen LogP contribution in [-0.4, -0.2) is 41.1 Å². The van der Waals surface area contributed by atoms with Gasteiger partial charge in [-0.15, -0.1) is 0 Å². The molecule has 0 saturated carbocycles. The monoisotopic (exact) mass is 624 g/mol. The van der Waals surface area contributed by atoms with Crippen LogP contribution < -0.4 is 0 Å². The van der Waals surface area contributed by atoms with Crippen LogP contribution in [0.1, 0.15) is 66.7 Å². The van der Waals surface area contributed by atoms with Crippen LogP contribution in [0.4, 0.5) is 0 Å². The first kappa shape index (κ1) is 30.9. The molecule has 1 N–H and O–H groups in total. The third-order valence-electron chi connectivity index (χ3n) is 7.35. The zero-order chi connectivity index (χ0) is 30.7. The van der Waals surface area contributed by atoms with Crippen LogP contribution in [0.25, 0.3) is 22.1 Å². The second-order valence-electron chi connectivity index (χ2n) is 10.2. The van der Waals surface area contributed by atoms with Crippen LogP contribution in [0.5, 0.6) is 0 Å². The number of carbonyl (C=O) groups excluding carboxylic acids is 1. The fourth-order valence-electron chi connectivity index (χ4n) is 5.22. The van der Waals surface area contributed by atoms with Crippen molar-refractivity contribution in [2.45, 2.75) is 44.4 Å². The molecule has 0 amide bonds. The molecular formula is C34H32N4O4S2. The van der Waals surface area contributed by atoms with E-state index in [9.17, 15) is 9.59 Å². The lowest BCUT2D eigenvalue weighted by Crippen LogP contribution is -2.08. The Labute approximate surface area is 264 Å². The van der Waals surface area contributed by atoms with Crippen molar-refractivity contribution in [2.75, 3.05) is 6.61 Å². The number of aliphatic carboxylic acids is 1. The minimum Gasteiger partial charge on any atom is -0.481 e. The Bertz CT molecular complexity index is 1810. The summed E-state index contributed by atoms with van der Waals surface area (Å²) in [6.45, 7) is 2.25. The summed E-state index contributed by atoms with van der Waals surface area (Å²) in [6.07, 6.45) is 1.84. The van der Waals surface area contributed by atoms with E-state index in [2.05, 4.69) is 41.8 Å². The van der Waals surface area contributed by atoms with Crippen LogP contribution in [0.15, 0.2) is 97.1 Å². The van der Waals surface area contributed by atoms with Gasteiger partial charge in [-0.3, -0.25) is 9.59 Å². The van der Waals surface area contributed by atoms with Crippen LogP contribution in [0.3, 0.4) is 0 Å². The highest BCUT2D eigenvalue weighted by molar-refractivity contribution is 7.00. The quantitative estimate of drug-likeness (QED) is 0.145. The first-order chi connectivity index (χ1) is 21.5. The molecule has 0 radical (unpaired) electrons. The summed E-state index contributed by atoms with van der Waals surface area (Å²) in [6, 6.07) is 32.4. The lowest BCUT2D eigenvalue weighted by atomic mass is 9.87. The van der Waals surface area contributed by atoms with Gasteiger partial charge in [0.15, 0.2) is 0 Å². The molecule has 44 heavy (non-hydrogen) atoms. The van der Waals surface area contributed by atoms with Gasteiger partial charge in [0.25, 0.3) is 0 Å². The standard InChI is InChI=1S/C18H18N2O2S.C16H14N2O2S/c1-2-22-18(21)11-9-15(13-6-4-3-5-7-13)14-8-10-16-17(12-14)20-23-19-16;19-16(20)9-7-13(11-4-2-1-3-5-11)12-6-8-14-15(10-12)18-21-17-14/h3-8,10,12,15H,2,9,11H2,1H3;1-6,8,10,13H,7,9H2,(H,19,20). The van der Waals surface area contributed by atoms with Crippen molar-refractivity contribution in [3.05, 3.63) is 119 Å². The Balaban J connectivity index is 0.000000175. The van der Waals surface area contributed by atoms with Gasteiger partial charge in [-0.25, -0.2) is 0 Å². The number of aromatic nitrogens is 4. The average molecular weight is 625 g/mol. The van der Waals surface area contributed by atoms with Crippen LogP contribution >= 0.6 is 23.5 Å². The molecular weight excluding hydrogens is 593 g/mol. The van der Waals surface area contributed by atoms with E-state index in [1.807, 2.05) is 79.7 Å². The molecule has 6 aromatic rings. The first-order valence-electron chi connectivity index (χ1n) is 14.4. The molecule has 4 aromatic carbocycles. The first-order valence-corrected chi connectivity index (χ1v) is 15.9. The summed E-state index contributed by atoms with van der Waals surface area (Å²) in [7, 11) is 0. The highest BCUT2D eigenvalue weighted by Crippen LogP contribution is 2.32. The highest BCUT2D eigenvalue weighted by Gasteiger charge is 2.18. The number of hydrogen-bond donors (Lipinski definition) is 1. The number of fused-ring (bicyclic) bond motifs is 2. The van der Waals surface area contributed by atoms with Crippen molar-refractivity contribution in [3.8, 4) is 0 Å². The predicted molar refractivity (Wildman–Crippen MR) is 174 cm³/mol. The van der Waals surface area contributed by atoms with E-state index in [0.29, 0.717) is 25.9 Å². The number of esters is 1. The van der Waals surface area contributed by atoms with E-state index in [1.54, 1.807) is 0 Å². The molecule has 2 heterocycles. The van der Waals surface area contributed by atoms with Crippen molar-refractivity contribution < 1.29 is 19.4 Å². The Hall–Kier alpha value is -4.54. The topological polar surface area (TPSA) is 115 Å². The maximum absolute atomic E-state index is 11.7. The van der Waals surface area contributed by atoms with Crippen molar-refractivity contribution >= 4 is 57.5 Å². The average Bonchev–Trinajstić information content (AvgIpc) is 3.72. The number of hydrogen-bond acceptors (Lipinski definition) is 9. The van der Waals surface area contributed by atoms with Gasteiger partial charge < -0.3 is 9.84 Å². The molecule has 0 spiro atoms. The molecule has 0 aliphatic rings. The molecule has 10 heteroatoms. The van der Waals surface area contributed by atoms with Crippen molar-refractivity contribution in [3.63, 3.8) is 0 Å². The van der Waals surface area contributed by atoms with Gasteiger partial charge >= 0.3 is 11.9 Å². The summed E-state index contributed by atoms with van der Waals surface area (Å²) < 4.78 is 22.1. The van der Waals surface area contributed by atoms with Gasteiger partial charge in [-0.1, -0.05) is 72.8 Å². The molecule has 2 aromatic heterocycles. The molecule has 0 aliphatic carbocycles. The number of rotatable bonds is 11. The number of carbonyl (C=O) groups is 2. The van der Waals surface area contributed by atoms with Gasteiger partial charge in [0.2, 0.25) is 0 Å². The zero-order valence-corrected chi connectivity index (χ0v) is 25.8. The molecule has 0 bridgehead atoms. The minimum atomic E-state index is -0.771. The third-order valence-corrected chi connectivity index (χ3v) is 8.47. The normalized spacial score (nSPS) is 12.3. The summed E-state index contributed by atoms with van der Waals surface area (Å²) in [4.78, 5) is 22.7. The van der Waals surface area contributed by atoms with E-state index in [1.165, 1.54) is 29.0 Å². The van der Waals surface area contributed by atoms with E-state index < -0.39 is 5.97 Å². The largest absolute Gasteiger partial charge is 0.481 e. The third kappa shape index (κ3) is 8.09. The number of carboxylic acid groups (broad SMARTS) is 1. The molecule has 0 fully saturated rings. The van der Waals surface area contributed by atoms with Crippen molar-refractivity contribution in [1.29, 1.82) is 0 Å². The van der Waals surface area contributed by atoms with E-state index in [4.69, 9.17) is 9.84 Å². The molecule has 224 valence electrons. The van der Waals surface area contributed by atoms with Crippen molar-refractivity contribution in [1.82, 2.24) is 17.5 Å². The summed E-state index contributed by atoms with van der Waals surface area (Å²) in [5.74, 6) is -0.711. The molecule has 0 saturated heterocycles. The van der Waals surface area contributed by atoms with E-state index >= 15 is 0 Å². The Morgan fingerprint density at radius 1 is 0.636 bits per heavy atom. The van der Waals surface area contributed by atoms with E-state index in [-0.39, 0.29) is 24.2 Å². The Morgan fingerprint density at radius 2 is 1.09 bits per heavy atom. The molecule has 8 nitrogen and oxygen atoms in total. The zero-order valence-electron chi connectivity index (χ0n) is 24.2. The smallest absolute Gasteiger partial charge is 0.305 e. The predicted octanol–water partition coefficient (Wildman–Crippen LogP) is 7.85. The van der Waals surface area contributed by atoms with Gasteiger partial charge in [0, 0.05) is 24.7 Å². The number of nitrogens with zero attached hydrogens (tertiary/aromatic N) is 4. The molecule has 0 aliphatic heterocycles. The molecule has 2 unspecified atom stereocenters. The van der Waals surface area contributed by atoms with Crippen molar-refractivity contribution in [2.24, 2.45) is 0 Å². The fraction of sp³-hybridized carbons (Fsp3) is 0.235. The Morgan fingerprint density at radius 3 is 1.55 bits per heavy atom. The van der Waals surface area contributed by atoms with Crippen LogP contribution in [0, 0.1) is 0 Å². The van der Waals surface area contributed by atoms with Gasteiger partial charge in [0.05, 0.1) is 30.1 Å². The second kappa shape index (κ2) is 15.3. The highest BCUT2D eigenvalue weighted by atomic mass is 32.1. The summed E-state index contributed by atoms with van der Waals surface area (Å²) >= 11 is 2.41.